The summed E-state index contributed by atoms with van der Waals surface area (Å²) in [4.78, 5) is 0. The molecule has 2 rings (SSSR count). The van der Waals surface area contributed by atoms with Crippen LogP contribution in [-0.2, 0) is 19.1 Å². The van der Waals surface area contributed by atoms with Crippen molar-refractivity contribution in [3.63, 3.8) is 0 Å². The van der Waals surface area contributed by atoms with Crippen LogP contribution in [0.1, 0.15) is 37.7 Å². The van der Waals surface area contributed by atoms with Crippen LogP contribution < -0.4 is 4.74 Å². The van der Waals surface area contributed by atoms with E-state index < -0.39 is 0 Å². The highest BCUT2D eigenvalue weighted by Gasteiger charge is 2.18. The van der Waals surface area contributed by atoms with Gasteiger partial charge in [-0.2, -0.15) is 5.10 Å². The van der Waals surface area contributed by atoms with Crippen LogP contribution in [0.25, 0.3) is 0 Å². The largest absolute Gasteiger partial charge is 0.487 e. The molecule has 0 unspecified atom stereocenters. The van der Waals surface area contributed by atoms with Crippen LogP contribution in [0.2, 0.25) is 0 Å². The maximum atomic E-state index is 5.94. The summed E-state index contributed by atoms with van der Waals surface area (Å²) in [5.74, 6) is 0.943. The van der Waals surface area contributed by atoms with Crippen molar-refractivity contribution in [1.82, 2.24) is 9.78 Å². The van der Waals surface area contributed by atoms with E-state index in [0.717, 1.165) is 17.1 Å². The molecule has 3 heteroatoms. The maximum Gasteiger partial charge on any atom is 0.132 e. The molecule has 0 aliphatic rings. The van der Waals surface area contributed by atoms with Crippen molar-refractivity contribution >= 4 is 0 Å². The Hall–Kier alpha value is -1.77. The molecule has 0 aliphatic carbocycles. The van der Waals surface area contributed by atoms with Crippen molar-refractivity contribution in [3.8, 4) is 5.75 Å². The van der Waals surface area contributed by atoms with Gasteiger partial charge in [0.1, 0.15) is 18.1 Å². The maximum absolute atomic E-state index is 5.94. The molecule has 0 fully saturated rings. The first-order valence-electron chi connectivity index (χ1n) is 6.60. The highest BCUT2D eigenvalue weighted by molar-refractivity contribution is 5.38. The van der Waals surface area contributed by atoms with E-state index in [1.54, 1.807) is 0 Å². The molecule has 0 saturated heterocycles. The van der Waals surface area contributed by atoms with Gasteiger partial charge in [0.25, 0.3) is 0 Å². The molecular formula is C16H22N2O. The van der Waals surface area contributed by atoms with E-state index in [4.69, 9.17) is 4.74 Å². The van der Waals surface area contributed by atoms with E-state index in [0.29, 0.717) is 6.61 Å². The number of ether oxygens (including phenoxy) is 1. The van der Waals surface area contributed by atoms with Crippen LogP contribution in [-0.4, -0.2) is 9.78 Å². The molecule has 0 spiro atoms. The van der Waals surface area contributed by atoms with Crippen molar-refractivity contribution in [3.05, 3.63) is 47.3 Å². The highest BCUT2D eigenvalue weighted by atomic mass is 16.5. The van der Waals surface area contributed by atoms with Gasteiger partial charge in [0.2, 0.25) is 0 Å². The van der Waals surface area contributed by atoms with Crippen LogP contribution in [0.5, 0.6) is 5.75 Å². The Morgan fingerprint density at radius 1 is 1.21 bits per heavy atom. The standard InChI is InChI=1S/C16H22N2O/c1-12-10-13(17-18(12)5)11-19-15-9-7-6-8-14(15)16(2,3)4/h6-10H,11H2,1-5H3. The van der Waals surface area contributed by atoms with Gasteiger partial charge in [-0.15, -0.1) is 0 Å². The molecule has 2 aromatic rings. The second-order valence-electron chi connectivity index (χ2n) is 5.94. The zero-order valence-corrected chi connectivity index (χ0v) is 12.4. The van der Waals surface area contributed by atoms with E-state index in [2.05, 4.69) is 44.1 Å². The summed E-state index contributed by atoms with van der Waals surface area (Å²) in [6.45, 7) is 9.13. The molecule has 19 heavy (non-hydrogen) atoms. The Labute approximate surface area is 115 Å². The molecular weight excluding hydrogens is 236 g/mol. The fourth-order valence-electron chi connectivity index (χ4n) is 2.07. The average molecular weight is 258 g/mol. The fourth-order valence-corrected chi connectivity index (χ4v) is 2.07. The first kappa shape index (κ1) is 13.7. The molecule has 102 valence electrons. The van der Waals surface area contributed by atoms with Crippen molar-refractivity contribution in [2.75, 3.05) is 0 Å². The molecule has 0 radical (unpaired) electrons. The molecule has 0 atom stereocenters. The van der Waals surface area contributed by atoms with E-state index in [1.165, 1.54) is 5.56 Å². The van der Waals surface area contributed by atoms with Crippen molar-refractivity contribution in [2.45, 2.75) is 39.7 Å². The van der Waals surface area contributed by atoms with Crippen LogP contribution in [0, 0.1) is 6.92 Å². The number of aromatic nitrogens is 2. The summed E-state index contributed by atoms with van der Waals surface area (Å²) in [5.41, 5.74) is 3.41. The van der Waals surface area contributed by atoms with E-state index >= 15 is 0 Å². The Bertz CT molecular complexity index is 545. The highest BCUT2D eigenvalue weighted by Crippen LogP contribution is 2.31. The SMILES string of the molecule is Cc1cc(COc2ccccc2C(C)(C)C)nn1C. The van der Waals surface area contributed by atoms with Crippen molar-refractivity contribution in [2.24, 2.45) is 7.05 Å². The lowest BCUT2D eigenvalue weighted by molar-refractivity contribution is 0.292. The number of benzene rings is 1. The van der Waals surface area contributed by atoms with Gasteiger partial charge in [0.05, 0.1) is 0 Å². The van der Waals surface area contributed by atoms with Crippen LogP contribution in [0.15, 0.2) is 30.3 Å². The minimum atomic E-state index is 0.0800. The van der Waals surface area contributed by atoms with E-state index in [-0.39, 0.29) is 5.41 Å². The van der Waals surface area contributed by atoms with Gasteiger partial charge in [-0.25, -0.2) is 0 Å². The Morgan fingerprint density at radius 2 is 1.89 bits per heavy atom. The van der Waals surface area contributed by atoms with Gasteiger partial charge in [0.15, 0.2) is 0 Å². The molecule has 0 bridgehead atoms. The molecule has 1 heterocycles. The topological polar surface area (TPSA) is 27.1 Å². The Kier molecular flexibility index (Phi) is 3.65. The second-order valence-corrected chi connectivity index (χ2v) is 5.94. The van der Waals surface area contributed by atoms with Gasteiger partial charge < -0.3 is 4.74 Å². The third-order valence-corrected chi connectivity index (χ3v) is 3.24. The fraction of sp³-hybridized carbons (Fsp3) is 0.438. The predicted molar refractivity (Wildman–Crippen MR) is 77.4 cm³/mol. The van der Waals surface area contributed by atoms with Crippen LogP contribution >= 0.6 is 0 Å². The summed E-state index contributed by atoms with van der Waals surface area (Å²) in [7, 11) is 1.95. The van der Waals surface area contributed by atoms with E-state index in [1.807, 2.05) is 30.8 Å². The Morgan fingerprint density at radius 3 is 2.47 bits per heavy atom. The number of hydrogen-bond acceptors (Lipinski definition) is 2. The number of hydrogen-bond donors (Lipinski definition) is 0. The Balaban J connectivity index is 2.16. The first-order valence-corrected chi connectivity index (χ1v) is 6.60. The second kappa shape index (κ2) is 5.08. The van der Waals surface area contributed by atoms with Crippen LogP contribution in [0.4, 0.5) is 0 Å². The lowest BCUT2D eigenvalue weighted by Gasteiger charge is -2.22. The lowest BCUT2D eigenvalue weighted by atomic mass is 9.86. The quantitative estimate of drug-likeness (QED) is 0.841. The lowest BCUT2D eigenvalue weighted by Crippen LogP contribution is -2.13. The molecule has 0 aliphatic heterocycles. The summed E-state index contributed by atoms with van der Waals surface area (Å²) >= 11 is 0. The van der Waals surface area contributed by atoms with Gasteiger partial charge in [-0.1, -0.05) is 39.0 Å². The zero-order valence-electron chi connectivity index (χ0n) is 12.4. The number of rotatable bonds is 3. The van der Waals surface area contributed by atoms with Gasteiger partial charge in [0, 0.05) is 12.7 Å². The summed E-state index contributed by atoms with van der Waals surface area (Å²) < 4.78 is 7.81. The third kappa shape index (κ3) is 3.16. The summed E-state index contributed by atoms with van der Waals surface area (Å²) in [6.07, 6.45) is 0. The minimum Gasteiger partial charge on any atom is -0.487 e. The predicted octanol–water partition coefficient (Wildman–Crippen LogP) is 3.61. The average Bonchev–Trinajstić information content (AvgIpc) is 2.65. The molecule has 0 amide bonds. The normalized spacial score (nSPS) is 11.6. The van der Waals surface area contributed by atoms with Crippen molar-refractivity contribution in [1.29, 1.82) is 0 Å². The summed E-state index contributed by atoms with van der Waals surface area (Å²) in [6, 6.07) is 10.3. The number of para-hydroxylation sites is 1. The van der Waals surface area contributed by atoms with Gasteiger partial charge in [-0.05, 0) is 30.0 Å². The molecule has 0 N–H and O–H groups in total. The first-order chi connectivity index (χ1) is 8.88. The smallest absolute Gasteiger partial charge is 0.132 e. The van der Waals surface area contributed by atoms with Crippen molar-refractivity contribution < 1.29 is 4.74 Å². The number of aryl methyl sites for hydroxylation is 2. The number of nitrogens with zero attached hydrogens (tertiary/aromatic N) is 2. The minimum absolute atomic E-state index is 0.0800. The molecule has 1 aromatic heterocycles. The monoisotopic (exact) mass is 258 g/mol. The van der Waals surface area contributed by atoms with Crippen LogP contribution in [0.3, 0.4) is 0 Å². The molecule has 1 aromatic carbocycles. The van der Waals surface area contributed by atoms with Gasteiger partial charge in [-0.3, -0.25) is 4.68 Å². The molecule has 3 nitrogen and oxygen atoms in total. The molecule has 0 saturated carbocycles. The zero-order chi connectivity index (χ0) is 14.0. The third-order valence-electron chi connectivity index (χ3n) is 3.24. The van der Waals surface area contributed by atoms with E-state index in [9.17, 15) is 0 Å². The van der Waals surface area contributed by atoms with Gasteiger partial charge >= 0.3 is 0 Å². The summed E-state index contributed by atoms with van der Waals surface area (Å²) in [5, 5.41) is 4.41.